The number of aryl methyl sites for hydroxylation is 1. The Hall–Kier alpha value is -3.06. The topological polar surface area (TPSA) is 75.2 Å². The Kier molecular flexibility index (Phi) is 7.89. The van der Waals surface area contributed by atoms with Gasteiger partial charge in [0.15, 0.2) is 0 Å². The lowest BCUT2D eigenvalue weighted by Crippen LogP contribution is -2.34. The van der Waals surface area contributed by atoms with E-state index in [1.165, 1.54) is 11.3 Å². The first-order valence-corrected chi connectivity index (χ1v) is 11.2. The minimum absolute atomic E-state index is 0.0595. The first-order valence-electron chi connectivity index (χ1n) is 10.4. The quantitative estimate of drug-likeness (QED) is 0.517. The molecule has 0 saturated heterocycles. The van der Waals surface area contributed by atoms with Gasteiger partial charge in [-0.1, -0.05) is 79.3 Å². The summed E-state index contributed by atoms with van der Waals surface area (Å²) in [6, 6.07) is 17.8. The number of hydrogen-bond acceptors (Lipinski definition) is 5. The van der Waals surface area contributed by atoms with Gasteiger partial charge in [0, 0.05) is 31.5 Å². The van der Waals surface area contributed by atoms with Crippen molar-refractivity contribution in [2.45, 2.75) is 40.2 Å². The second kappa shape index (κ2) is 10.8. The van der Waals surface area contributed by atoms with Gasteiger partial charge in [-0.2, -0.15) is 0 Å². The van der Waals surface area contributed by atoms with E-state index in [1.54, 1.807) is 4.90 Å². The molecule has 2 amide bonds. The van der Waals surface area contributed by atoms with E-state index in [0.29, 0.717) is 24.6 Å². The first-order chi connectivity index (χ1) is 14.9. The molecule has 2 aromatic carbocycles. The van der Waals surface area contributed by atoms with E-state index in [4.69, 9.17) is 0 Å². The smallest absolute Gasteiger partial charge is 0.227 e. The van der Waals surface area contributed by atoms with Crippen molar-refractivity contribution >= 4 is 28.3 Å². The Labute approximate surface area is 187 Å². The lowest BCUT2D eigenvalue weighted by Gasteiger charge is -2.23. The summed E-state index contributed by atoms with van der Waals surface area (Å²) < 4.78 is 0. The minimum Gasteiger partial charge on any atom is -0.338 e. The van der Waals surface area contributed by atoms with Gasteiger partial charge in [-0.3, -0.25) is 9.59 Å². The van der Waals surface area contributed by atoms with Crippen molar-refractivity contribution in [3.63, 3.8) is 0 Å². The van der Waals surface area contributed by atoms with Crippen molar-refractivity contribution in [2.24, 2.45) is 5.92 Å². The van der Waals surface area contributed by atoms with Crippen molar-refractivity contribution in [1.29, 1.82) is 0 Å². The molecule has 0 fully saturated rings. The maximum atomic E-state index is 12.7. The third-order valence-electron chi connectivity index (χ3n) is 4.70. The van der Waals surface area contributed by atoms with Crippen LogP contribution in [0.4, 0.5) is 5.13 Å². The van der Waals surface area contributed by atoms with Crippen LogP contribution < -0.4 is 5.32 Å². The number of carbonyl (C=O) groups is 2. The van der Waals surface area contributed by atoms with Crippen molar-refractivity contribution < 1.29 is 9.59 Å². The molecule has 162 valence electrons. The zero-order chi connectivity index (χ0) is 22.2. The highest BCUT2D eigenvalue weighted by atomic mass is 32.1. The summed E-state index contributed by atoms with van der Waals surface area (Å²) in [5.41, 5.74) is 3.17. The number of hydrogen-bond donors (Lipinski definition) is 1. The van der Waals surface area contributed by atoms with Crippen LogP contribution in [0.25, 0.3) is 10.6 Å². The van der Waals surface area contributed by atoms with Gasteiger partial charge in [0.1, 0.15) is 5.01 Å². The lowest BCUT2D eigenvalue weighted by molar-refractivity contribution is -0.133. The number of amides is 2. The molecule has 0 radical (unpaired) electrons. The average Bonchev–Trinajstić information content (AvgIpc) is 3.19. The van der Waals surface area contributed by atoms with Crippen LogP contribution in [0.3, 0.4) is 0 Å². The van der Waals surface area contributed by atoms with E-state index >= 15 is 0 Å². The molecule has 1 aromatic heterocycles. The molecular formula is C24H28N4O2S. The summed E-state index contributed by atoms with van der Waals surface area (Å²) >= 11 is 1.34. The molecule has 1 N–H and O–H groups in total. The normalized spacial score (nSPS) is 10.8. The summed E-state index contributed by atoms with van der Waals surface area (Å²) in [4.78, 5) is 27.0. The third-order valence-corrected chi connectivity index (χ3v) is 5.58. The van der Waals surface area contributed by atoms with Gasteiger partial charge in [0.05, 0.1) is 0 Å². The van der Waals surface area contributed by atoms with Gasteiger partial charge >= 0.3 is 0 Å². The lowest BCUT2D eigenvalue weighted by atomic mass is 10.1. The Morgan fingerprint density at radius 1 is 1.06 bits per heavy atom. The fraction of sp³-hybridized carbons (Fsp3) is 0.333. The fourth-order valence-electron chi connectivity index (χ4n) is 3.16. The highest BCUT2D eigenvalue weighted by molar-refractivity contribution is 7.18. The van der Waals surface area contributed by atoms with Crippen molar-refractivity contribution in [2.75, 3.05) is 11.9 Å². The highest BCUT2D eigenvalue weighted by Crippen LogP contribution is 2.26. The maximum absolute atomic E-state index is 12.7. The largest absolute Gasteiger partial charge is 0.338 e. The molecule has 0 aliphatic rings. The monoisotopic (exact) mass is 436 g/mol. The summed E-state index contributed by atoms with van der Waals surface area (Å²) in [7, 11) is 0. The van der Waals surface area contributed by atoms with Crippen LogP contribution in [0, 0.1) is 12.8 Å². The molecule has 6 nitrogen and oxygen atoms in total. The van der Waals surface area contributed by atoms with Crippen LogP contribution in [0.2, 0.25) is 0 Å². The number of nitrogens with one attached hydrogen (secondary N) is 1. The Morgan fingerprint density at radius 2 is 1.84 bits per heavy atom. The van der Waals surface area contributed by atoms with Crippen LogP contribution in [-0.2, 0) is 16.1 Å². The molecule has 0 aliphatic carbocycles. The van der Waals surface area contributed by atoms with Crippen LogP contribution >= 0.6 is 11.3 Å². The predicted molar refractivity (Wildman–Crippen MR) is 125 cm³/mol. The van der Waals surface area contributed by atoms with Gasteiger partial charge in [0.2, 0.25) is 16.9 Å². The number of anilines is 1. The fourth-order valence-corrected chi connectivity index (χ4v) is 3.92. The number of nitrogens with zero attached hydrogens (tertiary/aromatic N) is 3. The molecule has 0 unspecified atom stereocenters. The molecule has 3 rings (SSSR count). The van der Waals surface area contributed by atoms with E-state index in [9.17, 15) is 9.59 Å². The first kappa shape index (κ1) is 22.6. The van der Waals surface area contributed by atoms with Gasteiger partial charge in [-0.05, 0) is 24.5 Å². The summed E-state index contributed by atoms with van der Waals surface area (Å²) in [5.74, 6) is 0.146. The second-order valence-electron chi connectivity index (χ2n) is 7.98. The molecule has 0 saturated carbocycles. The minimum atomic E-state index is -0.178. The SMILES string of the molecule is Cc1cccc(-c2nnc(NC(=O)CCN(Cc3ccccc3)C(=O)CC(C)C)s2)c1. The summed E-state index contributed by atoms with van der Waals surface area (Å²) in [5, 5.41) is 12.3. The number of rotatable bonds is 9. The Morgan fingerprint density at radius 3 is 2.55 bits per heavy atom. The van der Waals surface area contributed by atoms with Crippen LogP contribution in [-0.4, -0.2) is 33.5 Å². The number of benzene rings is 2. The van der Waals surface area contributed by atoms with Gasteiger partial charge in [-0.25, -0.2) is 0 Å². The van der Waals surface area contributed by atoms with Crippen LogP contribution in [0.1, 0.15) is 37.8 Å². The summed E-state index contributed by atoms with van der Waals surface area (Å²) in [6.07, 6.45) is 0.667. The van der Waals surface area contributed by atoms with Crippen molar-refractivity contribution in [3.8, 4) is 10.6 Å². The van der Waals surface area contributed by atoms with Gasteiger partial charge < -0.3 is 10.2 Å². The summed E-state index contributed by atoms with van der Waals surface area (Å²) in [6.45, 7) is 6.92. The molecule has 0 aliphatic heterocycles. The second-order valence-corrected chi connectivity index (χ2v) is 8.96. The molecule has 0 bridgehead atoms. The molecule has 7 heteroatoms. The van der Waals surface area contributed by atoms with E-state index in [2.05, 4.69) is 15.5 Å². The van der Waals surface area contributed by atoms with E-state index in [-0.39, 0.29) is 24.2 Å². The van der Waals surface area contributed by atoms with Crippen molar-refractivity contribution in [3.05, 3.63) is 65.7 Å². The molecule has 3 aromatic rings. The average molecular weight is 437 g/mol. The van der Waals surface area contributed by atoms with Crippen LogP contribution in [0.15, 0.2) is 54.6 Å². The zero-order valence-corrected chi connectivity index (χ0v) is 19.0. The molecule has 31 heavy (non-hydrogen) atoms. The Bertz CT molecular complexity index is 1020. The maximum Gasteiger partial charge on any atom is 0.227 e. The van der Waals surface area contributed by atoms with E-state index < -0.39 is 0 Å². The zero-order valence-electron chi connectivity index (χ0n) is 18.2. The highest BCUT2D eigenvalue weighted by Gasteiger charge is 2.17. The van der Waals surface area contributed by atoms with Crippen molar-refractivity contribution in [1.82, 2.24) is 15.1 Å². The number of carbonyl (C=O) groups excluding carboxylic acids is 2. The predicted octanol–water partition coefficient (Wildman–Crippen LogP) is 4.92. The standard InChI is InChI=1S/C24H28N4O2S/c1-17(2)14-22(30)28(16-19-9-5-4-6-10-19)13-12-21(29)25-24-27-26-23(31-24)20-11-7-8-18(3)15-20/h4-11,15,17H,12-14,16H2,1-3H3,(H,25,27,29). The molecule has 1 heterocycles. The van der Waals surface area contributed by atoms with E-state index in [1.807, 2.05) is 75.4 Å². The molecule has 0 atom stereocenters. The van der Waals surface area contributed by atoms with Crippen LogP contribution in [0.5, 0.6) is 0 Å². The molecule has 0 spiro atoms. The van der Waals surface area contributed by atoms with E-state index in [0.717, 1.165) is 21.7 Å². The third kappa shape index (κ3) is 7.00. The number of aromatic nitrogens is 2. The Balaban J connectivity index is 1.59. The molecular weight excluding hydrogens is 408 g/mol. The van der Waals surface area contributed by atoms with Gasteiger partial charge in [0.25, 0.3) is 0 Å². The van der Waals surface area contributed by atoms with Gasteiger partial charge in [-0.15, -0.1) is 10.2 Å².